The summed E-state index contributed by atoms with van der Waals surface area (Å²) in [5, 5.41) is 2.86. The number of nitrogens with zero attached hydrogens (tertiary/aromatic N) is 1. The molecule has 17 heavy (non-hydrogen) atoms. The maximum Gasteiger partial charge on any atom is 0.329 e. The first kappa shape index (κ1) is 11.1. The Hall–Kier alpha value is -2.44. The number of aromatic nitrogens is 2. The van der Waals surface area contributed by atoms with E-state index in [1.165, 1.54) is 17.9 Å². The van der Waals surface area contributed by atoms with E-state index in [-0.39, 0.29) is 11.5 Å². The molecule has 0 spiro atoms. The number of nitrogens with two attached hydrogens (primary N) is 1. The summed E-state index contributed by atoms with van der Waals surface area (Å²) in [5.41, 5.74) is 5.65. The number of anilines is 2. The van der Waals surface area contributed by atoms with Gasteiger partial charge < -0.3 is 15.5 Å². The van der Waals surface area contributed by atoms with Crippen LogP contribution in [0.1, 0.15) is 5.56 Å². The van der Waals surface area contributed by atoms with Crippen molar-refractivity contribution in [2.45, 2.75) is 6.54 Å². The second-order valence-electron chi connectivity index (χ2n) is 3.56. The van der Waals surface area contributed by atoms with Gasteiger partial charge in [0.1, 0.15) is 11.5 Å². The average molecular weight is 236 g/mol. The van der Waals surface area contributed by atoms with E-state index in [0.717, 1.165) is 5.56 Å². The zero-order valence-corrected chi connectivity index (χ0v) is 9.19. The molecular weight excluding hydrogens is 224 g/mol. The van der Waals surface area contributed by atoms with Crippen LogP contribution in [0.5, 0.6) is 0 Å². The van der Waals surface area contributed by atoms with E-state index in [4.69, 9.17) is 10.2 Å². The first-order valence-electron chi connectivity index (χ1n) is 4.93. The van der Waals surface area contributed by atoms with Crippen molar-refractivity contribution >= 4 is 11.5 Å². The Labute approximate surface area is 95.9 Å². The van der Waals surface area contributed by atoms with Gasteiger partial charge in [-0.25, -0.2) is 4.79 Å². The van der Waals surface area contributed by atoms with Gasteiger partial charge in [-0.1, -0.05) is 0 Å². The SMILES string of the molecule is Cn1c(N)c(NCc2ccoc2)c(=O)[nH]c1=O. The summed E-state index contributed by atoms with van der Waals surface area (Å²) < 4.78 is 6.06. The highest BCUT2D eigenvalue weighted by Crippen LogP contribution is 2.10. The van der Waals surface area contributed by atoms with Crippen LogP contribution in [0.3, 0.4) is 0 Å². The second kappa shape index (κ2) is 4.20. The number of furan rings is 1. The number of rotatable bonds is 3. The Balaban J connectivity index is 2.30. The fourth-order valence-electron chi connectivity index (χ4n) is 1.39. The zero-order valence-electron chi connectivity index (χ0n) is 9.19. The van der Waals surface area contributed by atoms with Crippen molar-refractivity contribution in [3.63, 3.8) is 0 Å². The minimum atomic E-state index is -0.540. The Bertz CT molecular complexity index is 624. The van der Waals surface area contributed by atoms with Crippen molar-refractivity contribution in [2.75, 3.05) is 11.1 Å². The van der Waals surface area contributed by atoms with Crippen LogP contribution in [0.15, 0.2) is 32.6 Å². The van der Waals surface area contributed by atoms with Gasteiger partial charge in [-0.3, -0.25) is 14.3 Å². The lowest BCUT2D eigenvalue weighted by Crippen LogP contribution is -2.32. The van der Waals surface area contributed by atoms with Crippen LogP contribution in [0.4, 0.5) is 11.5 Å². The van der Waals surface area contributed by atoms with Crippen molar-refractivity contribution in [2.24, 2.45) is 7.05 Å². The molecule has 2 aromatic rings. The molecule has 0 atom stereocenters. The van der Waals surface area contributed by atoms with Crippen LogP contribution in [-0.4, -0.2) is 9.55 Å². The third kappa shape index (κ3) is 2.07. The molecule has 90 valence electrons. The molecule has 2 aromatic heterocycles. The quantitative estimate of drug-likeness (QED) is 0.687. The summed E-state index contributed by atoms with van der Waals surface area (Å²) >= 11 is 0. The predicted molar refractivity (Wildman–Crippen MR) is 62.8 cm³/mol. The third-order valence-corrected chi connectivity index (χ3v) is 2.42. The van der Waals surface area contributed by atoms with Gasteiger partial charge in [0.15, 0.2) is 0 Å². The lowest BCUT2D eigenvalue weighted by Gasteiger charge is -2.09. The Morgan fingerprint density at radius 1 is 1.53 bits per heavy atom. The van der Waals surface area contributed by atoms with Gasteiger partial charge in [0, 0.05) is 19.2 Å². The zero-order chi connectivity index (χ0) is 12.4. The van der Waals surface area contributed by atoms with Crippen LogP contribution in [0.25, 0.3) is 0 Å². The molecule has 0 aliphatic rings. The fourth-order valence-corrected chi connectivity index (χ4v) is 1.39. The molecule has 0 aliphatic carbocycles. The number of nitrogen functional groups attached to an aromatic ring is 1. The van der Waals surface area contributed by atoms with E-state index in [2.05, 4.69) is 10.3 Å². The van der Waals surface area contributed by atoms with Gasteiger partial charge in [-0.15, -0.1) is 0 Å². The van der Waals surface area contributed by atoms with E-state index in [9.17, 15) is 9.59 Å². The summed E-state index contributed by atoms with van der Waals surface area (Å²) in [4.78, 5) is 24.9. The molecule has 0 aromatic carbocycles. The van der Waals surface area contributed by atoms with Crippen molar-refractivity contribution in [3.8, 4) is 0 Å². The number of hydrogen-bond donors (Lipinski definition) is 3. The predicted octanol–water partition coefficient (Wildman–Crippen LogP) is -0.139. The molecule has 2 rings (SSSR count). The summed E-state index contributed by atoms with van der Waals surface area (Å²) in [6, 6.07) is 1.76. The molecule has 7 heteroatoms. The van der Waals surface area contributed by atoms with Crippen molar-refractivity contribution in [1.29, 1.82) is 0 Å². The normalized spacial score (nSPS) is 10.4. The second-order valence-corrected chi connectivity index (χ2v) is 3.56. The molecule has 7 nitrogen and oxygen atoms in total. The molecular formula is C10H12N4O3. The van der Waals surface area contributed by atoms with Crippen LogP contribution in [0, 0.1) is 0 Å². The van der Waals surface area contributed by atoms with Crippen molar-refractivity contribution < 1.29 is 4.42 Å². The number of H-pyrrole nitrogens is 1. The first-order chi connectivity index (χ1) is 8.09. The smallest absolute Gasteiger partial charge is 0.329 e. The maximum atomic E-state index is 11.5. The summed E-state index contributed by atoms with van der Waals surface area (Å²) in [6.07, 6.45) is 3.09. The Morgan fingerprint density at radius 3 is 2.94 bits per heavy atom. The van der Waals surface area contributed by atoms with Gasteiger partial charge in [0.05, 0.1) is 12.5 Å². The van der Waals surface area contributed by atoms with Crippen molar-refractivity contribution in [3.05, 3.63) is 45.0 Å². The van der Waals surface area contributed by atoms with Gasteiger partial charge in [-0.2, -0.15) is 0 Å². The lowest BCUT2D eigenvalue weighted by molar-refractivity contribution is 0.564. The largest absolute Gasteiger partial charge is 0.472 e. The number of hydrogen-bond acceptors (Lipinski definition) is 5. The molecule has 4 N–H and O–H groups in total. The highest BCUT2D eigenvalue weighted by atomic mass is 16.3. The number of nitrogens with one attached hydrogen (secondary N) is 2. The third-order valence-electron chi connectivity index (χ3n) is 2.42. The van der Waals surface area contributed by atoms with Gasteiger partial charge in [0.25, 0.3) is 5.56 Å². The topological polar surface area (TPSA) is 106 Å². The van der Waals surface area contributed by atoms with E-state index < -0.39 is 11.2 Å². The molecule has 2 heterocycles. The molecule has 0 saturated heterocycles. The minimum Gasteiger partial charge on any atom is -0.472 e. The van der Waals surface area contributed by atoms with Gasteiger partial charge in [0.2, 0.25) is 0 Å². The van der Waals surface area contributed by atoms with E-state index in [1.807, 2.05) is 0 Å². The first-order valence-corrected chi connectivity index (χ1v) is 4.93. The summed E-state index contributed by atoms with van der Waals surface area (Å²) in [7, 11) is 1.48. The highest BCUT2D eigenvalue weighted by Gasteiger charge is 2.09. The standard InChI is InChI=1S/C10H12N4O3/c1-14-8(11)7(9(15)13-10(14)16)12-4-6-2-3-17-5-6/h2-3,5,12H,4,11H2,1H3,(H,13,15,16). The lowest BCUT2D eigenvalue weighted by atomic mass is 10.3. The minimum absolute atomic E-state index is 0.0993. The van der Waals surface area contributed by atoms with Crippen molar-refractivity contribution in [1.82, 2.24) is 9.55 Å². The van der Waals surface area contributed by atoms with E-state index >= 15 is 0 Å². The monoisotopic (exact) mass is 236 g/mol. The van der Waals surface area contributed by atoms with Crippen LogP contribution in [-0.2, 0) is 13.6 Å². The Morgan fingerprint density at radius 2 is 2.29 bits per heavy atom. The summed E-state index contributed by atoms with van der Waals surface area (Å²) in [5.74, 6) is 0.0993. The highest BCUT2D eigenvalue weighted by molar-refractivity contribution is 5.60. The molecule has 0 aliphatic heterocycles. The van der Waals surface area contributed by atoms with Crippen LogP contribution in [0.2, 0.25) is 0 Å². The fraction of sp³-hybridized carbons (Fsp3) is 0.200. The molecule has 0 saturated carbocycles. The number of aromatic amines is 1. The molecule has 0 fully saturated rings. The molecule has 0 bridgehead atoms. The Kier molecular flexibility index (Phi) is 2.73. The maximum absolute atomic E-state index is 11.5. The molecule has 0 unspecified atom stereocenters. The van der Waals surface area contributed by atoms with Crippen LogP contribution >= 0.6 is 0 Å². The van der Waals surface area contributed by atoms with Gasteiger partial charge >= 0.3 is 5.69 Å². The van der Waals surface area contributed by atoms with Gasteiger partial charge in [-0.05, 0) is 6.07 Å². The molecule has 0 radical (unpaired) electrons. The van der Waals surface area contributed by atoms with E-state index in [0.29, 0.717) is 6.54 Å². The van der Waals surface area contributed by atoms with E-state index in [1.54, 1.807) is 12.3 Å². The average Bonchev–Trinajstić information content (AvgIpc) is 2.79. The van der Waals surface area contributed by atoms with Crippen LogP contribution < -0.4 is 22.3 Å². The summed E-state index contributed by atoms with van der Waals surface area (Å²) in [6.45, 7) is 0.391. The molecule has 0 amide bonds.